The molecule has 0 bridgehead atoms. The van der Waals surface area contributed by atoms with Crippen LogP contribution < -0.4 is 5.32 Å². The Labute approximate surface area is 67.8 Å². The van der Waals surface area contributed by atoms with Gasteiger partial charge in [-0.2, -0.15) is 0 Å². The van der Waals surface area contributed by atoms with Gasteiger partial charge in [0.2, 0.25) is 0 Å². The molecule has 0 atom stereocenters. The Bertz CT molecular complexity index is 139. The highest BCUT2D eigenvalue weighted by Gasteiger charge is 2.17. The van der Waals surface area contributed by atoms with Crippen LogP contribution in [-0.4, -0.2) is 30.1 Å². The Morgan fingerprint density at radius 1 is 1.36 bits per heavy atom. The summed E-state index contributed by atoms with van der Waals surface area (Å²) in [5.74, 6) is 0. The zero-order valence-electron chi connectivity index (χ0n) is 7.26. The van der Waals surface area contributed by atoms with Crippen molar-refractivity contribution >= 4 is 6.03 Å². The van der Waals surface area contributed by atoms with Gasteiger partial charge in [0.1, 0.15) is 0 Å². The number of hydrogen-bond acceptors (Lipinski definition) is 1. The van der Waals surface area contributed by atoms with Gasteiger partial charge in [-0.3, -0.25) is 0 Å². The second kappa shape index (κ2) is 3.60. The van der Waals surface area contributed by atoms with Crippen molar-refractivity contribution in [2.24, 2.45) is 0 Å². The van der Waals surface area contributed by atoms with Gasteiger partial charge in [-0.05, 0) is 26.7 Å². The number of nitrogens with zero attached hydrogens (tertiary/aromatic N) is 1. The van der Waals surface area contributed by atoms with Crippen LogP contribution in [0.5, 0.6) is 0 Å². The van der Waals surface area contributed by atoms with Gasteiger partial charge < -0.3 is 10.2 Å². The minimum atomic E-state index is 0.0949. The molecule has 0 saturated carbocycles. The molecule has 64 valence electrons. The van der Waals surface area contributed by atoms with E-state index >= 15 is 0 Å². The third-order valence-electron chi connectivity index (χ3n) is 1.81. The van der Waals surface area contributed by atoms with Gasteiger partial charge >= 0.3 is 6.03 Å². The lowest BCUT2D eigenvalue weighted by Crippen LogP contribution is -2.41. The Morgan fingerprint density at radius 3 is 2.36 bits per heavy atom. The Hall–Kier alpha value is -0.730. The highest BCUT2D eigenvalue weighted by atomic mass is 16.2. The molecule has 2 amide bonds. The summed E-state index contributed by atoms with van der Waals surface area (Å²) in [5, 5.41) is 2.87. The highest BCUT2D eigenvalue weighted by Crippen LogP contribution is 2.06. The summed E-state index contributed by atoms with van der Waals surface area (Å²) in [6.45, 7) is 5.82. The van der Waals surface area contributed by atoms with Gasteiger partial charge in [-0.1, -0.05) is 0 Å². The van der Waals surface area contributed by atoms with Crippen LogP contribution in [-0.2, 0) is 0 Å². The third-order valence-corrected chi connectivity index (χ3v) is 1.81. The first-order chi connectivity index (χ1) is 5.20. The molecule has 1 aliphatic rings. The molecule has 0 aromatic rings. The number of carbonyl (C=O) groups excluding carboxylic acids is 1. The minimum Gasteiger partial charge on any atom is -0.336 e. The maximum absolute atomic E-state index is 11.3. The molecule has 1 N–H and O–H groups in total. The van der Waals surface area contributed by atoms with E-state index in [1.165, 1.54) is 0 Å². The average Bonchev–Trinajstić information content (AvgIpc) is 2.35. The lowest BCUT2D eigenvalue weighted by Gasteiger charge is -2.17. The fraction of sp³-hybridized carbons (Fsp3) is 0.875. The van der Waals surface area contributed by atoms with Crippen LogP contribution in [0.1, 0.15) is 26.7 Å². The monoisotopic (exact) mass is 156 g/mol. The standard InChI is InChI=1S/C8H16N2O/c1-7(2)9-8(11)10-5-3-4-6-10/h7H,3-6H2,1-2H3,(H,9,11). The lowest BCUT2D eigenvalue weighted by atomic mass is 10.4. The molecule has 0 unspecified atom stereocenters. The first kappa shape index (κ1) is 8.37. The summed E-state index contributed by atoms with van der Waals surface area (Å²) in [6.07, 6.45) is 2.32. The Morgan fingerprint density at radius 2 is 1.91 bits per heavy atom. The van der Waals surface area contributed by atoms with E-state index in [1.54, 1.807) is 0 Å². The second-order valence-corrected chi connectivity index (χ2v) is 3.30. The molecule has 1 saturated heterocycles. The van der Waals surface area contributed by atoms with Crippen molar-refractivity contribution in [1.29, 1.82) is 0 Å². The number of hydrogen-bond donors (Lipinski definition) is 1. The Kier molecular flexibility index (Phi) is 2.74. The minimum absolute atomic E-state index is 0.0949. The van der Waals surface area contributed by atoms with E-state index in [-0.39, 0.29) is 12.1 Å². The van der Waals surface area contributed by atoms with E-state index in [0.29, 0.717) is 0 Å². The molecule has 0 aromatic carbocycles. The number of nitrogens with one attached hydrogen (secondary N) is 1. The van der Waals surface area contributed by atoms with Gasteiger partial charge in [0.15, 0.2) is 0 Å². The predicted molar refractivity (Wildman–Crippen MR) is 44.5 cm³/mol. The number of rotatable bonds is 1. The highest BCUT2D eigenvalue weighted by molar-refractivity contribution is 5.74. The molecule has 0 aromatic heterocycles. The summed E-state index contributed by atoms with van der Waals surface area (Å²) in [7, 11) is 0. The van der Waals surface area contributed by atoms with Crippen molar-refractivity contribution < 1.29 is 4.79 Å². The summed E-state index contributed by atoms with van der Waals surface area (Å²) in [4.78, 5) is 13.1. The summed E-state index contributed by atoms with van der Waals surface area (Å²) in [6, 6.07) is 0.348. The van der Waals surface area contributed by atoms with Gasteiger partial charge in [-0.25, -0.2) is 4.79 Å². The smallest absolute Gasteiger partial charge is 0.317 e. The van der Waals surface area contributed by atoms with E-state index in [4.69, 9.17) is 0 Å². The number of urea groups is 1. The maximum Gasteiger partial charge on any atom is 0.317 e. The van der Waals surface area contributed by atoms with Crippen LogP contribution >= 0.6 is 0 Å². The van der Waals surface area contributed by atoms with Crippen LogP contribution in [0.15, 0.2) is 0 Å². The lowest BCUT2D eigenvalue weighted by molar-refractivity contribution is 0.206. The molecule has 11 heavy (non-hydrogen) atoms. The fourth-order valence-electron chi connectivity index (χ4n) is 1.26. The van der Waals surface area contributed by atoms with E-state index in [9.17, 15) is 4.79 Å². The molecule has 1 heterocycles. The summed E-state index contributed by atoms with van der Waals surface area (Å²) >= 11 is 0. The van der Waals surface area contributed by atoms with E-state index in [1.807, 2.05) is 18.7 Å². The second-order valence-electron chi connectivity index (χ2n) is 3.30. The van der Waals surface area contributed by atoms with Crippen molar-refractivity contribution in [2.75, 3.05) is 13.1 Å². The van der Waals surface area contributed by atoms with Gasteiger partial charge in [-0.15, -0.1) is 0 Å². The predicted octanol–water partition coefficient (Wildman–Crippen LogP) is 1.20. The normalized spacial score (nSPS) is 17.5. The first-order valence-corrected chi connectivity index (χ1v) is 4.25. The molecular formula is C8H16N2O. The van der Waals surface area contributed by atoms with Crippen LogP contribution in [0.2, 0.25) is 0 Å². The molecule has 3 heteroatoms. The molecule has 0 aliphatic carbocycles. The fourth-order valence-corrected chi connectivity index (χ4v) is 1.26. The number of likely N-dealkylation sites (tertiary alicyclic amines) is 1. The van der Waals surface area contributed by atoms with Crippen molar-refractivity contribution in [3.63, 3.8) is 0 Å². The zero-order valence-corrected chi connectivity index (χ0v) is 7.26. The molecule has 1 fully saturated rings. The molecule has 0 spiro atoms. The first-order valence-electron chi connectivity index (χ1n) is 4.25. The van der Waals surface area contributed by atoms with Gasteiger partial charge in [0.05, 0.1) is 0 Å². The largest absolute Gasteiger partial charge is 0.336 e. The molecule has 3 nitrogen and oxygen atoms in total. The van der Waals surface area contributed by atoms with Gasteiger partial charge in [0, 0.05) is 19.1 Å². The third kappa shape index (κ3) is 2.41. The summed E-state index contributed by atoms with van der Waals surface area (Å²) in [5.41, 5.74) is 0. The molecule has 0 radical (unpaired) electrons. The maximum atomic E-state index is 11.3. The Balaban J connectivity index is 2.28. The van der Waals surface area contributed by atoms with E-state index in [0.717, 1.165) is 25.9 Å². The van der Waals surface area contributed by atoms with Crippen molar-refractivity contribution in [3.8, 4) is 0 Å². The van der Waals surface area contributed by atoms with Crippen molar-refractivity contribution in [3.05, 3.63) is 0 Å². The van der Waals surface area contributed by atoms with Crippen LogP contribution in [0, 0.1) is 0 Å². The van der Waals surface area contributed by atoms with E-state index < -0.39 is 0 Å². The molecule has 1 aliphatic heterocycles. The van der Waals surface area contributed by atoms with Crippen LogP contribution in [0.25, 0.3) is 0 Å². The SMILES string of the molecule is CC(C)NC(=O)N1CCCC1. The molecule has 1 rings (SSSR count). The topological polar surface area (TPSA) is 32.3 Å². The average molecular weight is 156 g/mol. The number of carbonyl (C=O) groups is 1. The van der Waals surface area contributed by atoms with Crippen LogP contribution in [0.4, 0.5) is 4.79 Å². The van der Waals surface area contributed by atoms with Gasteiger partial charge in [0.25, 0.3) is 0 Å². The zero-order chi connectivity index (χ0) is 8.27. The van der Waals surface area contributed by atoms with E-state index in [2.05, 4.69) is 5.32 Å². The van der Waals surface area contributed by atoms with Crippen molar-refractivity contribution in [2.45, 2.75) is 32.7 Å². The number of amides is 2. The molecular weight excluding hydrogens is 140 g/mol. The quantitative estimate of drug-likeness (QED) is 0.608. The summed E-state index contributed by atoms with van der Waals surface area (Å²) < 4.78 is 0. The van der Waals surface area contributed by atoms with Crippen LogP contribution in [0.3, 0.4) is 0 Å². The van der Waals surface area contributed by atoms with Crippen molar-refractivity contribution in [1.82, 2.24) is 10.2 Å².